The summed E-state index contributed by atoms with van der Waals surface area (Å²) in [5, 5.41) is 10.2. The van der Waals surface area contributed by atoms with E-state index in [1.807, 2.05) is 24.3 Å². The molecular weight excluding hydrogens is 448 g/mol. The maximum Gasteiger partial charge on any atom is 0.312 e. The predicted octanol–water partition coefficient (Wildman–Crippen LogP) is 6.56. The zero-order valence-electron chi connectivity index (χ0n) is 20.9. The Morgan fingerprint density at radius 1 is 0.914 bits per heavy atom. The fourth-order valence-electron chi connectivity index (χ4n) is 3.57. The summed E-state index contributed by atoms with van der Waals surface area (Å²) in [6, 6.07) is 10.9. The number of aliphatic imine (C=N–C) groups is 1. The van der Waals surface area contributed by atoms with Gasteiger partial charge in [0.25, 0.3) is 0 Å². The standard InChI is InChI=1S/C27H34N2O6/c1-5-6-7-8-9-10-15-34-21-13-11-20(12-14-21)28-18-22-27(30)35-26(29-22)19-16-23(31-2)25(33-4)24(17-19)32-3/h11-14,16-18,30H,5-10,15H2,1-4H3. The van der Waals surface area contributed by atoms with Crippen molar-refractivity contribution >= 4 is 11.9 Å². The van der Waals surface area contributed by atoms with Crippen molar-refractivity contribution in [2.24, 2.45) is 4.99 Å². The molecule has 1 heterocycles. The fourth-order valence-corrected chi connectivity index (χ4v) is 3.57. The van der Waals surface area contributed by atoms with Crippen LogP contribution in [0.3, 0.4) is 0 Å². The maximum atomic E-state index is 10.2. The third-order valence-electron chi connectivity index (χ3n) is 5.49. The molecule has 1 aromatic heterocycles. The summed E-state index contributed by atoms with van der Waals surface area (Å²) in [7, 11) is 4.58. The fraction of sp³-hybridized carbons (Fsp3) is 0.407. The summed E-state index contributed by atoms with van der Waals surface area (Å²) in [4.78, 5) is 8.74. The van der Waals surface area contributed by atoms with Gasteiger partial charge in [-0.05, 0) is 42.8 Å². The van der Waals surface area contributed by atoms with Gasteiger partial charge in [0.1, 0.15) is 5.75 Å². The molecule has 2 aromatic carbocycles. The van der Waals surface area contributed by atoms with Crippen LogP contribution in [0.2, 0.25) is 0 Å². The van der Waals surface area contributed by atoms with Crippen LogP contribution in [-0.4, -0.2) is 44.2 Å². The van der Waals surface area contributed by atoms with Crippen LogP contribution in [-0.2, 0) is 0 Å². The van der Waals surface area contributed by atoms with Crippen LogP contribution in [0.1, 0.15) is 51.1 Å². The van der Waals surface area contributed by atoms with Gasteiger partial charge in [0.05, 0.1) is 39.8 Å². The van der Waals surface area contributed by atoms with Crippen molar-refractivity contribution in [2.75, 3.05) is 27.9 Å². The molecule has 3 rings (SSSR count). The summed E-state index contributed by atoms with van der Waals surface area (Å²) >= 11 is 0. The lowest BCUT2D eigenvalue weighted by molar-refractivity contribution is 0.304. The first kappa shape index (κ1) is 25.9. The topological polar surface area (TPSA) is 95.5 Å². The number of oxazole rings is 1. The molecule has 188 valence electrons. The quantitative estimate of drug-likeness (QED) is 0.205. The van der Waals surface area contributed by atoms with Gasteiger partial charge in [0.2, 0.25) is 11.6 Å². The van der Waals surface area contributed by atoms with Crippen molar-refractivity contribution in [2.45, 2.75) is 45.4 Å². The molecule has 0 aliphatic rings. The molecule has 0 spiro atoms. The average molecular weight is 483 g/mol. The number of aromatic nitrogens is 1. The lowest BCUT2D eigenvalue weighted by Crippen LogP contribution is -1.96. The summed E-state index contributed by atoms with van der Waals surface area (Å²) in [6.45, 7) is 2.94. The zero-order chi connectivity index (χ0) is 25.0. The van der Waals surface area contributed by atoms with E-state index in [1.165, 1.54) is 59.6 Å². The second-order valence-corrected chi connectivity index (χ2v) is 7.99. The minimum Gasteiger partial charge on any atom is -0.494 e. The van der Waals surface area contributed by atoms with E-state index in [1.54, 1.807) is 12.1 Å². The van der Waals surface area contributed by atoms with E-state index in [0.717, 1.165) is 12.2 Å². The van der Waals surface area contributed by atoms with E-state index < -0.39 is 0 Å². The van der Waals surface area contributed by atoms with Gasteiger partial charge >= 0.3 is 5.95 Å². The number of benzene rings is 2. The smallest absolute Gasteiger partial charge is 0.312 e. The molecule has 0 amide bonds. The average Bonchev–Trinajstić information content (AvgIpc) is 3.27. The second-order valence-electron chi connectivity index (χ2n) is 7.99. The minimum atomic E-state index is -0.337. The largest absolute Gasteiger partial charge is 0.494 e. The lowest BCUT2D eigenvalue weighted by Gasteiger charge is -2.12. The van der Waals surface area contributed by atoms with Crippen molar-refractivity contribution in [1.82, 2.24) is 4.98 Å². The Labute approximate surface area is 206 Å². The highest BCUT2D eigenvalue weighted by atomic mass is 16.5. The Kier molecular flexibility index (Phi) is 9.83. The molecule has 0 unspecified atom stereocenters. The summed E-state index contributed by atoms with van der Waals surface area (Å²) in [5.74, 6) is 2.03. The monoisotopic (exact) mass is 482 g/mol. The van der Waals surface area contributed by atoms with Gasteiger partial charge in [0.15, 0.2) is 17.2 Å². The number of nitrogens with zero attached hydrogens (tertiary/aromatic N) is 2. The third-order valence-corrected chi connectivity index (χ3v) is 5.49. The van der Waals surface area contributed by atoms with Crippen LogP contribution < -0.4 is 18.9 Å². The first-order chi connectivity index (χ1) is 17.1. The summed E-state index contributed by atoms with van der Waals surface area (Å²) in [5.41, 5.74) is 1.46. The SMILES string of the molecule is CCCCCCCCOc1ccc(N=Cc2nc(-c3cc(OC)c(OC)c(OC)c3)oc2O)cc1. The molecule has 0 atom stereocenters. The molecule has 0 saturated heterocycles. The number of unbranched alkanes of at least 4 members (excludes halogenated alkanes) is 5. The number of rotatable bonds is 14. The van der Waals surface area contributed by atoms with Crippen LogP contribution in [0.25, 0.3) is 11.5 Å². The van der Waals surface area contributed by atoms with Crippen LogP contribution in [0, 0.1) is 0 Å². The molecule has 3 aromatic rings. The number of hydrogen-bond donors (Lipinski definition) is 1. The van der Waals surface area contributed by atoms with Gasteiger partial charge in [-0.25, -0.2) is 4.98 Å². The van der Waals surface area contributed by atoms with E-state index in [0.29, 0.717) is 35.1 Å². The molecule has 0 aliphatic carbocycles. The van der Waals surface area contributed by atoms with Crippen molar-refractivity contribution in [1.29, 1.82) is 0 Å². The molecule has 35 heavy (non-hydrogen) atoms. The Morgan fingerprint density at radius 3 is 2.20 bits per heavy atom. The molecule has 0 bridgehead atoms. The van der Waals surface area contributed by atoms with Crippen LogP contribution in [0.5, 0.6) is 28.9 Å². The molecular formula is C27H34N2O6. The van der Waals surface area contributed by atoms with Gasteiger partial charge < -0.3 is 28.5 Å². The van der Waals surface area contributed by atoms with Gasteiger partial charge in [-0.2, -0.15) is 0 Å². The molecule has 0 saturated carbocycles. The van der Waals surface area contributed by atoms with Crippen molar-refractivity contribution < 1.29 is 28.5 Å². The Bertz CT molecular complexity index is 1070. The highest BCUT2D eigenvalue weighted by Gasteiger charge is 2.19. The Hall–Kier alpha value is -3.68. The maximum absolute atomic E-state index is 10.2. The van der Waals surface area contributed by atoms with Crippen molar-refractivity contribution in [3.05, 3.63) is 42.1 Å². The minimum absolute atomic E-state index is 0.196. The van der Waals surface area contributed by atoms with Gasteiger partial charge in [-0.3, -0.25) is 4.99 Å². The highest BCUT2D eigenvalue weighted by Crippen LogP contribution is 2.41. The van der Waals surface area contributed by atoms with Crippen LogP contribution >= 0.6 is 0 Å². The Morgan fingerprint density at radius 2 is 1.57 bits per heavy atom. The van der Waals surface area contributed by atoms with Crippen LogP contribution in [0.4, 0.5) is 5.69 Å². The van der Waals surface area contributed by atoms with E-state index in [2.05, 4.69) is 16.9 Å². The summed E-state index contributed by atoms with van der Waals surface area (Å²) < 4.78 is 27.3. The molecule has 8 nitrogen and oxygen atoms in total. The molecule has 0 radical (unpaired) electrons. The molecule has 0 aliphatic heterocycles. The van der Waals surface area contributed by atoms with Crippen molar-refractivity contribution in [3.63, 3.8) is 0 Å². The third kappa shape index (κ3) is 7.15. The van der Waals surface area contributed by atoms with Gasteiger partial charge in [-0.1, -0.05) is 39.0 Å². The van der Waals surface area contributed by atoms with E-state index in [4.69, 9.17) is 23.4 Å². The zero-order valence-corrected chi connectivity index (χ0v) is 20.9. The van der Waals surface area contributed by atoms with E-state index in [-0.39, 0.29) is 17.5 Å². The predicted molar refractivity (Wildman–Crippen MR) is 136 cm³/mol. The number of methoxy groups -OCH3 is 3. The first-order valence-corrected chi connectivity index (χ1v) is 11.9. The lowest BCUT2D eigenvalue weighted by atomic mass is 10.1. The van der Waals surface area contributed by atoms with E-state index >= 15 is 0 Å². The number of aromatic hydroxyl groups is 1. The highest BCUT2D eigenvalue weighted by molar-refractivity contribution is 5.83. The molecule has 1 N–H and O–H groups in total. The Balaban J connectivity index is 1.62. The van der Waals surface area contributed by atoms with E-state index in [9.17, 15) is 5.11 Å². The number of hydrogen-bond acceptors (Lipinski definition) is 8. The first-order valence-electron chi connectivity index (χ1n) is 11.9. The number of ether oxygens (including phenoxy) is 4. The molecule has 8 heteroatoms. The van der Waals surface area contributed by atoms with Crippen molar-refractivity contribution in [3.8, 4) is 40.4 Å². The normalized spacial score (nSPS) is 11.1. The summed E-state index contributed by atoms with van der Waals surface area (Å²) in [6.07, 6.45) is 8.84. The molecule has 0 fully saturated rings. The second kappa shape index (κ2) is 13.3. The van der Waals surface area contributed by atoms with Gasteiger partial charge in [-0.15, -0.1) is 0 Å². The van der Waals surface area contributed by atoms with Crippen LogP contribution in [0.15, 0.2) is 45.8 Å². The van der Waals surface area contributed by atoms with Gasteiger partial charge in [0, 0.05) is 5.56 Å².